The van der Waals surface area contributed by atoms with Gasteiger partial charge in [0.2, 0.25) is 20.0 Å². The number of anilines is 2. The van der Waals surface area contributed by atoms with E-state index in [0.29, 0.717) is 5.69 Å². The molecule has 421 valence electrons. The van der Waals surface area contributed by atoms with Gasteiger partial charge < -0.3 is 50.8 Å². The van der Waals surface area contributed by atoms with E-state index < -0.39 is 123 Å². The molecule has 1 radical (unpaired) electrons. The molecule has 1 amide bonds. The molecule has 85 heavy (non-hydrogen) atoms. The Labute approximate surface area is 559 Å². The molecule has 29 nitrogen and oxygen atoms in total. The fourth-order valence-corrected chi connectivity index (χ4v) is 9.25. The standard InChI is InChI=1S/C26H22N6O9S2.C22H18N6O8S2.Cr.3Na/c1-14(33)23(26(36)28-16-5-3-2-4-6-16)31-29-17-7-9-19-15(11-17)12-22(43(39,40)41)24(25(19)35)32-30-20-13-18(42(27,37)38)8-10-21(20)34;23-16-9-13(29)2-5-17(16)26-25-12-1-4-15-11(7-12)8-20(38(34,35)36)21(22(15)31)28-27-18-10-14(37(24,32)33)3-6-19(18)30;;;;/h2-13,33-35H,1H3,(H,28,36)(H2,27,37,38)(H,39,40,41);1-10,29-31H,23H2,(H2,24,32,33)(H,34,35,36);;;;/q;;+3;3*+1/p-6/b23-14+,31-29?,32-30?;;;;;. The second-order valence-corrected chi connectivity index (χ2v) is 22.3. The van der Waals surface area contributed by atoms with Crippen LogP contribution in [0.1, 0.15) is 6.92 Å². The van der Waals surface area contributed by atoms with Gasteiger partial charge in [0.1, 0.15) is 37.4 Å². The van der Waals surface area contributed by atoms with E-state index in [1.165, 1.54) is 61.5 Å². The van der Waals surface area contributed by atoms with E-state index in [2.05, 4.69) is 46.2 Å². The summed E-state index contributed by atoms with van der Waals surface area (Å²) in [5.74, 6) is -4.98. The molecular formula is C48H34CrN12Na3O17S4. The number of allylic oxidation sites excluding steroid dienone is 1. The number of nitrogen functional groups attached to an aromatic ring is 1. The molecule has 0 saturated heterocycles. The predicted molar refractivity (Wildman–Crippen MR) is 277 cm³/mol. The number of nitrogens with one attached hydrogen (secondary N) is 1. The minimum atomic E-state index is -5.33. The Kier molecular flexibility index (Phi) is 25.6. The zero-order valence-corrected chi connectivity index (χ0v) is 54.6. The molecule has 8 rings (SSSR count). The van der Waals surface area contributed by atoms with E-state index in [1.54, 1.807) is 30.3 Å². The Morgan fingerprint density at radius 2 is 0.965 bits per heavy atom. The van der Waals surface area contributed by atoms with Crippen molar-refractivity contribution in [1.29, 1.82) is 0 Å². The van der Waals surface area contributed by atoms with Gasteiger partial charge in [-0.2, -0.15) is 20.5 Å². The normalized spacial score (nSPS) is 12.2. The van der Waals surface area contributed by atoms with Crippen LogP contribution in [-0.4, -0.2) is 58.9 Å². The SMILES string of the molecule is C/C(O)=C(\N=Nc1ccc2c([O-])c(N=Nc3cc(S(N)(=O)=O)ccc3[O-])c(S(=O)(=O)[O-])cc2c1)C(=O)Nc1ccccc1.Nc1cc(O)ccc1N=Nc1ccc2c([O-])c(N=Nc3cc(S(N)(=O)=O)ccc3[O-])c(S(=O)(=O)[O-])cc2c1.[Cr+3].[Na+].[Na+].[Na+]. The fourth-order valence-electron chi connectivity index (χ4n) is 6.90. The van der Waals surface area contributed by atoms with Crippen LogP contribution in [0.3, 0.4) is 0 Å². The number of nitrogens with two attached hydrogens (primary N) is 3. The van der Waals surface area contributed by atoms with Crippen LogP contribution in [0.5, 0.6) is 28.7 Å². The molecule has 0 bridgehead atoms. The van der Waals surface area contributed by atoms with Gasteiger partial charge in [0.05, 0.1) is 59.4 Å². The Morgan fingerprint density at radius 1 is 0.529 bits per heavy atom. The first kappa shape index (κ1) is 72.9. The van der Waals surface area contributed by atoms with Crippen molar-refractivity contribution in [2.75, 3.05) is 11.1 Å². The Bertz CT molecular complexity index is 4530. The first-order chi connectivity index (χ1) is 37.9. The van der Waals surface area contributed by atoms with Gasteiger partial charge in [-0.3, -0.25) is 4.79 Å². The van der Waals surface area contributed by atoms with Gasteiger partial charge in [0.25, 0.3) is 5.91 Å². The number of benzene rings is 8. The van der Waals surface area contributed by atoms with E-state index in [4.69, 9.17) is 16.0 Å². The van der Waals surface area contributed by atoms with Crippen molar-refractivity contribution in [1.82, 2.24) is 0 Å². The number of rotatable bonds is 14. The minimum absolute atomic E-state index is 0. The number of carbonyl (C=O) groups is 1. The number of amides is 1. The summed E-state index contributed by atoms with van der Waals surface area (Å²) in [6.45, 7) is 1.21. The first-order valence-corrected chi connectivity index (χ1v) is 28.0. The fraction of sp³-hybridized carbons (Fsp3) is 0.0208. The molecule has 0 spiro atoms. The number of hydrogen-bond acceptors (Lipinski definition) is 26. The second kappa shape index (κ2) is 29.8. The minimum Gasteiger partial charge on any atom is -0.871 e. The van der Waals surface area contributed by atoms with Crippen LogP contribution in [0, 0.1) is 0 Å². The number of aliphatic hydroxyl groups excluding tert-OH is 1. The number of carbonyl (C=O) groups excluding carboxylic acids is 1. The van der Waals surface area contributed by atoms with Gasteiger partial charge in [-0.15, -0.1) is 20.5 Å². The van der Waals surface area contributed by atoms with E-state index in [1.807, 2.05) is 0 Å². The van der Waals surface area contributed by atoms with Crippen LogP contribution < -0.4 is 130 Å². The number of fused-ring (bicyclic) bond motifs is 2. The number of aliphatic hydroxyl groups is 1. The molecule has 0 unspecified atom stereocenters. The summed E-state index contributed by atoms with van der Waals surface area (Å²) >= 11 is 0. The van der Waals surface area contributed by atoms with Gasteiger partial charge in [-0.1, -0.05) is 65.5 Å². The molecule has 9 N–H and O–H groups in total. The second-order valence-electron chi connectivity index (χ2n) is 16.5. The van der Waals surface area contributed by atoms with Crippen LogP contribution >= 0.6 is 0 Å². The van der Waals surface area contributed by atoms with E-state index in [-0.39, 0.29) is 156 Å². The molecule has 37 heteroatoms. The predicted octanol–water partition coefficient (Wildman–Crippen LogP) is -2.87. The number of para-hydroxylation sites is 1. The molecule has 0 aromatic heterocycles. The molecule has 8 aromatic carbocycles. The summed E-state index contributed by atoms with van der Waals surface area (Å²) in [6.07, 6.45) is 0. The van der Waals surface area contributed by atoms with Crippen LogP contribution in [-0.2, 0) is 62.4 Å². The van der Waals surface area contributed by atoms with E-state index >= 15 is 0 Å². The third kappa shape index (κ3) is 18.6. The summed E-state index contributed by atoms with van der Waals surface area (Å²) < 4.78 is 118. The van der Waals surface area contributed by atoms with Gasteiger partial charge in [-0.05, 0) is 113 Å². The Morgan fingerprint density at radius 3 is 1.38 bits per heavy atom. The number of nitrogens with zero attached hydrogens (tertiary/aromatic N) is 8. The third-order valence-electron chi connectivity index (χ3n) is 10.7. The number of primary sulfonamides is 2. The van der Waals surface area contributed by atoms with Crippen LogP contribution in [0.4, 0.5) is 51.2 Å². The van der Waals surface area contributed by atoms with E-state index in [0.717, 1.165) is 48.5 Å². The van der Waals surface area contributed by atoms with Crippen molar-refractivity contribution in [3.8, 4) is 28.7 Å². The Balaban J connectivity index is 0.000000428. The van der Waals surface area contributed by atoms with Crippen molar-refractivity contribution in [2.24, 2.45) is 51.2 Å². The quantitative estimate of drug-likeness (QED) is 0.0159. The van der Waals surface area contributed by atoms with Crippen LogP contribution in [0.25, 0.3) is 21.5 Å². The van der Waals surface area contributed by atoms with Crippen molar-refractivity contribution in [3.63, 3.8) is 0 Å². The monoisotopic (exact) mass is 1300 g/mol. The summed E-state index contributed by atoms with van der Waals surface area (Å²) in [5, 5.41) is 112. The topological polar surface area (TPSA) is 521 Å². The number of sulfonamides is 2. The van der Waals surface area contributed by atoms with E-state index in [9.17, 15) is 78.2 Å². The summed E-state index contributed by atoms with van der Waals surface area (Å²) in [7, 11) is -19.0. The maximum atomic E-state index is 13.2. The average Bonchev–Trinajstić information content (AvgIpc) is 3.38. The largest absolute Gasteiger partial charge is 3.00 e. The molecule has 0 aliphatic carbocycles. The molecule has 0 heterocycles. The molecule has 0 aliphatic rings. The third-order valence-corrected chi connectivity index (χ3v) is 14.3. The van der Waals surface area contributed by atoms with Gasteiger partial charge >= 0.3 is 106 Å². The molecule has 0 saturated carbocycles. The molecular weight excluding hydrogens is 1270 g/mol. The van der Waals surface area contributed by atoms with Crippen molar-refractivity contribution >= 4 is 119 Å². The maximum absolute atomic E-state index is 13.2. The van der Waals surface area contributed by atoms with Crippen molar-refractivity contribution in [2.45, 2.75) is 26.5 Å². The maximum Gasteiger partial charge on any atom is 3.00 e. The molecule has 8 aromatic rings. The summed E-state index contributed by atoms with van der Waals surface area (Å²) in [4.78, 5) is 9.51. The summed E-state index contributed by atoms with van der Waals surface area (Å²) in [5.41, 5.74) is 3.36. The molecule has 0 aliphatic heterocycles. The number of phenols is 1. The van der Waals surface area contributed by atoms with Crippen LogP contribution in [0.2, 0.25) is 0 Å². The first-order valence-electron chi connectivity index (χ1n) is 22.1. The zero-order chi connectivity index (χ0) is 59.4. The van der Waals surface area contributed by atoms with Crippen molar-refractivity contribution in [3.05, 3.63) is 145 Å². The number of hydrogen-bond donors (Lipinski definition) is 6. The smallest absolute Gasteiger partial charge is 0.871 e. The van der Waals surface area contributed by atoms with Gasteiger partial charge in [0.15, 0.2) is 5.70 Å². The van der Waals surface area contributed by atoms with Crippen molar-refractivity contribution < 1.29 is 184 Å². The van der Waals surface area contributed by atoms with Gasteiger partial charge in [0, 0.05) is 11.8 Å². The molecule has 0 fully saturated rings. The van der Waals surface area contributed by atoms with Crippen LogP contribution in [0.15, 0.2) is 205 Å². The zero-order valence-electron chi connectivity index (χ0n) is 44.1. The number of azo groups is 4. The average molecular weight is 1300 g/mol. The van der Waals surface area contributed by atoms with Gasteiger partial charge in [-0.25, -0.2) is 43.9 Å². The number of phenolic OH excluding ortho intramolecular Hbond substituents is 1. The Hall–Kier alpha value is -6.34. The molecule has 0 atom stereocenters. The number of aromatic hydroxyl groups is 1. The summed E-state index contributed by atoms with van der Waals surface area (Å²) in [6, 6.07) is 26.8.